The van der Waals surface area contributed by atoms with Gasteiger partial charge in [0.25, 0.3) is 0 Å². The van der Waals surface area contributed by atoms with Crippen LogP contribution in [0.4, 0.5) is 16.0 Å². The number of nitrogens with zero attached hydrogens (tertiary/aromatic N) is 2. The first-order valence-electron chi connectivity index (χ1n) is 5.64. The van der Waals surface area contributed by atoms with Gasteiger partial charge in [0.15, 0.2) is 0 Å². The van der Waals surface area contributed by atoms with Gasteiger partial charge in [-0.2, -0.15) is 0 Å². The number of imidazole rings is 1. The van der Waals surface area contributed by atoms with Crippen molar-refractivity contribution in [2.45, 2.75) is 26.8 Å². The first-order chi connectivity index (χ1) is 8.08. The van der Waals surface area contributed by atoms with Crippen LogP contribution >= 0.6 is 0 Å². The third-order valence-corrected chi connectivity index (χ3v) is 2.66. The molecule has 0 atom stereocenters. The molecule has 0 spiro atoms. The molecule has 2 aromatic rings. The van der Waals surface area contributed by atoms with Gasteiger partial charge in [-0.15, -0.1) is 0 Å². The molecule has 0 aliphatic rings. The summed E-state index contributed by atoms with van der Waals surface area (Å²) >= 11 is 0. The van der Waals surface area contributed by atoms with Gasteiger partial charge in [-0.05, 0) is 44.5 Å². The van der Waals surface area contributed by atoms with Gasteiger partial charge in [0, 0.05) is 24.1 Å². The highest BCUT2D eigenvalue weighted by atomic mass is 19.1. The molecule has 1 heterocycles. The van der Waals surface area contributed by atoms with E-state index in [4.69, 9.17) is 0 Å². The molecule has 0 aliphatic heterocycles. The Hall–Kier alpha value is -1.84. The van der Waals surface area contributed by atoms with Gasteiger partial charge >= 0.3 is 0 Å². The highest BCUT2D eigenvalue weighted by Crippen LogP contribution is 2.22. The van der Waals surface area contributed by atoms with Crippen molar-refractivity contribution in [1.29, 1.82) is 0 Å². The Morgan fingerprint density at radius 2 is 2.12 bits per heavy atom. The van der Waals surface area contributed by atoms with E-state index in [0.717, 1.165) is 17.2 Å². The fourth-order valence-corrected chi connectivity index (χ4v) is 1.71. The molecular weight excluding hydrogens is 217 g/mol. The van der Waals surface area contributed by atoms with Gasteiger partial charge in [-0.25, -0.2) is 9.37 Å². The molecule has 0 aliphatic carbocycles. The smallest absolute Gasteiger partial charge is 0.207 e. The van der Waals surface area contributed by atoms with Crippen molar-refractivity contribution >= 4 is 11.6 Å². The predicted molar refractivity (Wildman–Crippen MR) is 67.0 cm³/mol. The molecule has 1 aromatic carbocycles. The van der Waals surface area contributed by atoms with E-state index >= 15 is 0 Å². The van der Waals surface area contributed by atoms with Crippen molar-refractivity contribution in [2.75, 3.05) is 5.32 Å². The standard InChI is InChI=1S/C13H16FN3/c1-9(2)17-7-6-15-13(17)16-12-5-4-11(14)8-10(12)3/h4-9H,1-3H3,(H,15,16). The number of nitrogens with one attached hydrogen (secondary N) is 1. The minimum Gasteiger partial charge on any atom is -0.325 e. The Labute approximate surface area is 100 Å². The maximum atomic E-state index is 13.0. The van der Waals surface area contributed by atoms with Crippen LogP contribution in [0.1, 0.15) is 25.5 Å². The molecule has 1 N–H and O–H groups in total. The zero-order valence-corrected chi connectivity index (χ0v) is 10.2. The summed E-state index contributed by atoms with van der Waals surface area (Å²) in [4.78, 5) is 4.25. The third-order valence-electron chi connectivity index (χ3n) is 2.66. The van der Waals surface area contributed by atoms with Crippen molar-refractivity contribution in [2.24, 2.45) is 0 Å². The Balaban J connectivity index is 2.28. The van der Waals surface area contributed by atoms with E-state index in [9.17, 15) is 4.39 Å². The molecule has 2 rings (SSSR count). The molecule has 0 bridgehead atoms. The van der Waals surface area contributed by atoms with Crippen molar-refractivity contribution < 1.29 is 4.39 Å². The van der Waals surface area contributed by atoms with Crippen molar-refractivity contribution in [3.63, 3.8) is 0 Å². The predicted octanol–water partition coefficient (Wildman–Crippen LogP) is 3.66. The first-order valence-corrected chi connectivity index (χ1v) is 5.64. The van der Waals surface area contributed by atoms with E-state index in [0.29, 0.717) is 6.04 Å². The fraction of sp³-hybridized carbons (Fsp3) is 0.308. The lowest BCUT2D eigenvalue weighted by Gasteiger charge is -2.14. The van der Waals surface area contributed by atoms with Gasteiger partial charge in [0.05, 0.1) is 0 Å². The number of aryl methyl sites for hydroxylation is 1. The van der Waals surface area contributed by atoms with Crippen molar-refractivity contribution in [3.05, 3.63) is 42.0 Å². The SMILES string of the molecule is Cc1cc(F)ccc1Nc1nccn1C(C)C. The van der Waals surface area contributed by atoms with E-state index < -0.39 is 0 Å². The van der Waals surface area contributed by atoms with Crippen LogP contribution in [0.25, 0.3) is 0 Å². The van der Waals surface area contributed by atoms with E-state index in [1.165, 1.54) is 12.1 Å². The molecule has 90 valence electrons. The maximum Gasteiger partial charge on any atom is 0.207 e. The van der Waals surface area contributed by atoms with Crippen LogP contribution in [0, 0.1) is 12.7 Å². The van der Waals surface area contributed by atoms with Crippen LogP contribution in [-0.4, -0.2) is 9.55 Å². The van der Waals surface area contributed by atoms with Gasteiger partial charge < -0.3 is 9.88 Å². The van der Waals surface area contributed by atoms with Crippen LogP contribution in [0.15, 0.2) is 30.6 Å². The lowest BCUT2D eigenvalue weighted by Crippen LogP contribution is -2.05. The average Bonchev–Trinajstić information content (AvgIpc) is 2.70. The number of halogens is 1. The highest BCUT2D eigenvalue weighted by molar-refractivity contribution is 5.58. The number of anilines is 2. The molecule has 1 aromatic heterocycles. The van der Waals surface area contributed by atoms with Gasteiger partial charge in [-0.3, -0.25) is 0 Å². The molecule has 0 unspecified atom stereocenters. The van der Waals surface area contributed by atoms with Crippen LogP contribution in [-0.2, 0) is 0 Å². The normalized spacial score (nSPS) is 10.9. The minimum absolute atomic E-state index is 0.222. The minimum atomic E-state index is -0.222. The molecule has 0 saturated heterocycles. The lowest BCUT2D eigenvalue weighted by molar-refractivity contribution is 0.607. The highest BCUT2D eigenvalue weighted by Gasteiger charge is 2.07. The van der Waals surface area contributed by atoms with E-state index in [-0.39, 0.29) is 5.82 Å². The summed E-state index contributed by atoms with van der Waals surface area (Å²) in [5.41, 5.74) is 1.74. The summed E-state index contributed by atoms with van der Waals surface area (Å²) in [6, 6.07) is 5.01. The fourth-order valence-electron chi connectivity index (χ4n) is 1.71. The van der Waals surface area contributed by atoms with Crippen LogP contribution in [0.2, 0.25) is 0 Å². The van der Waals surface area contributed by atoms with Gasteiger partial charge in [0.2, 0.25) is 5.95 Å². The third kappa shape index (κ3) is 2.46. The quantitative estimate of drug-likeness (QED) is 0.876. The number of hydrogen-bond acceptors (Lipinski definition) is 2. The molecule has 3 nitrogen and oxygen atoms in total. The second-order valence-electron chi connectivity index (χ2n) is 4.34. The summed E-state index contributed by atoms with van der Waals surface area (Å²) in [6.45, 7) is 6.04. The Bertz CT molecular complexity index is 517. The Morgan fingerprint density at radius 1 is 1.35 bits per heavy atom. The molecule has 0 saturated carbocycles. The van der Waals surface area contributed by atoms with E-state index in [2.05, 4.69) is 24.1 Å². The Morgan fingerprint density at radius 3 is 2.76 bits per heavy atom. The molecule has 0 amide bonds. The lowest BCUT2D eigenvalue weighted by atomic mass is 10.2. The molecule has 4 heteroatoms. The number of benzene rings is 1. The van der Waals surface area contributed by atoms with Gasteiger partial charge in [-0.1, -0.05) is 0 Å². The van der Waals surface area contributed by atoms with Crippen molar-refractivity contribution in [3.8, 4) is 0 Å². The monoisotopic (exact) mass is 233 g/mol. The first kappa shape index (κ1) is 11.6. The van der Waals surface area contributed by atoms with E-state index in [1.54, 1.807) is 12.3 Å². The number of rotatable bonds is 3. The summed E-state index contributed by atoms with van der Waals surface area (Å²) < 4.78 is 15.0. The molecule has 0 radical (unpaired) electrons. The zero-order valence-electron chi connectivity index (χ0n) is 10.2. The van der Waals surface area contributed by atoms with E-state index in [1.807, 2.05) is 17.7 Å². The van der Waals surface area contributed by atoms with Crippen LogP contribution in [0.5, 0.6) is 0 Å². The summed E-state index contributed by atoms with van der Waals surface area (Å²) in [5, 5.41) is 3.21. The largest absolute Gasteiger partial charge is 0.325 e. The summed E-state index contributed by atoms with van der Waals surface area (Å²) in [5.74, 6) is 0.551. The van der Waals surface area contributed by atoms with Gasteiger partial charge in [0.1, 0.15) is 5.82 Å². The average molecular weight is 233 g/mol. The summed E-state index contributed by atoms with van der Waals surface area (Å²) in [6.07, 6.45) is 3.67. The molecule has 0 fully saturated rings. The second-order valence-corrected chi connectivity index (χ2v) is 4.34. The summed E-state index contributed by atoms with van der Waals surface area (Å²) in [7, 11) is 0. The topological polar surface area (TPSA) is 29.9 Å². The van der Waals surface area contributed by atoms with Crippen LogP contribution in [0.3, 0.4) is 0 Å². The second kappa shape index (κ2) is 4.57. The number of aromatic nitrogens is 2. The Kier molecular flexibility index (Phi) is 3.13. The number of hydrogen-bond donors (Lipinski definition) is 1. The molecule has 17 heavy (non-hydrogen) atoms. The maximum absolute atomic E-state index is 13.0. The van der Waals surface area contributed by atoms with Crippen molar-refractivity contribution in [1.82, 2.24) is 9.55 Å². The zero-order chi connectivity index (χ0) is 12.4. The molecular formula is C13H16FN3. The van der Waals surface area contributed by atoms with Crippen LogP contribution < -0.4 is 5.32 Å².